The molecule has 0 saturated heterocycles. The molecular weight excluding hydrogens is 226 g/mol. The van der Waals surface area contributed by atoms with Gasteiger partial charge in [0, 0.05) is 6.42 Å². The zero-order valence-corrected chi connectivity index (χ0v) is 8.21. The quantitative estimate of drug-likeness (QED) is 0.791. The summed E-state index contributed by atoms with van der Waals surface area (Å²) >= 11 is 0. The van der Waals surface area contributed by atoms with Crippen LogP contribution >= 0.6 is 0 Å². The van der Waals surface area contributed by atoms with E-state index in [1.54, 1.807) is 0 Å². The standard InChI is InChI=1S/C10H11F4NO/c11-7-3-1-2-6(4-7)8(16)5-9(15)10(12,13)14/h1-4,8-9,16H,5,15H2/t8-,9+/m1/s1. The van der Waals surface area contributed by atoms with Gasteiger partial charge >= 0.3 is 6.18 Å². The number of halogens is 4. The van der Waals surface area contributed by atoms with E-state index in [9.17, 15) is 22.7 Å². The summed E-state index contributed by atoms with van der Waals surface area (Å²) in [5, 5.41) is 9.43. The summed E-state index contributed by atoms with van der Waals surface area (Å²) in [6.45, 7) is 0. The molecule has 3 N–H and O–H groups in total. The molecule has 1 rings (SSSR count). The van der Waals surface area contributed by atoms with E-state index >= 15 is 0 Å². The highest BCUT2D eigenvalue weighted by atomic mass is 19.4. The molecular formula is C10H11F4NO. The first-order valence-electron chi connectivity index (χ1n) is 4.56. The molecule has 0 aliphatic rings. The van der Waals surface area contributed by atoms with Gasteiger partial charge < -0.3 is 10.8 Å². The number of hydrogen-bond donors (Lipinski definition) is 2. The molecule has 0 heterocycles. The Morgan fingerprint density at radius 2 is 1.94 bits per heavy atom. The van der Waals surface area contributed by atoms with Gasteiger partial charge in [-0.3, -0.25) is 0 Å². The largest absolute Gasteiger partial charge is 0.403 e. The van der Waals surface area contributed by atoms with E-state index in [1.165, 1.54) is 12.1 Å². The van der Waals surface area contributed by atoms with Gasteiger partial charge in [0.2, 0.25) is 0 Å². The zero-order valence-electron chi connectivity index (χ0n) is 8.21. The molecule has 1 aromatic rings. The van der Waals surface area contributed by atoms with Gasteiger partial charge in [0.1, 0.15) is 11.9 Å². The number of alkyl halides is 3. The van der Waals surface area contributed by atoms with Crippen molar-refractivity contribution in [2.45, 2.75) is 24.7 Å². The normalized spacial score (nSPS) is 15.9. The van der Waals surface area contributed by atoms with Gasteiger partial charge in [0.25, 0.3) is 0 Å². The van der Waals surface area contributed by atoms with Crippen LogP contribution in [0, 0.1) is 5.82 Å². The second-order valence-electron chi connectivity index (χ2n) is 3.45. The topological polar surface area (TPSA) is 46.2 Å². The Balaban J connectivity index is 2.69. The first kappa shape index (κ1) is 12.9. The molecule has 0 aliphatic carbocycles. The van der Waals surface area contributed by atoms with Crippen molar-refractivity contribution in [3.63, 3.8) is 0 Å². The molecule has 1 aromatic carbocycles. The number of aliphatic hydroxyl groups is 1. The molecule has 16 heavy (non-hydrogen) atoms. The lowest BCUT2D eigenvalue weighted by atomic mass is 10.0. The van der Waals surface area contributed by atoms with Crippen molar-refractivity contribution in [3.05, 3.63) is 35.6 Å². The van der Waals surface area contributed by atoms with E-state index in [0.29, 0.717) is 0 Å². The van der Waals surface area contributed by atoms with Gasteiger partial charge in [-0.25, -0.2) is 4.39 Å². The maximum atomic E-state index is 12.7. The molecule has 0 unspecified atom stereocenters. The van der Waals surface area contributed by atoms with Crippen LogP contribution in [0.1, 0.15) is 18.1 Å². The highest BCUT2D eigenvalue weighted by Gasteiger charge is 2.37. The third-order valence-corrected chi connectivity index (χ3v) is 2.13. The fourth-order valence-corrected chi connectivity index (χ4v) is 1.22. The number of rotatable bonds is 3. The van der Waals surface area contributed by atoms with Crippen molar-refractivity contribution in [1.29, 1.82) is 0 Å². The van der Waals surface area contributed by atoms with Gasteiger partial charge in [0.15, 0.2) is 0 Å². The van der Waals surface area contributed by atoms with Crippen LogP contribution in [0.25, 0.3) is 0 Å². The minimum absolute atomic E-state index is 0.0831. The maximum Gasteiger partial charge on any atom is 0.403 e. The fraction of sp³-hybridized carbons (Fsp3) is 0.400. The van der Waals surface area contributed by atoms with Gasteiger partial charge in [-0.1, -0.05) is 12.1 Å². The molecule has 0 radical (unpaired) electrons. The van der Waals surface area contributed by atoms with Gasteiger partial charge in [-0.05, 0) is 17.7 Å². The van der Waals surface area contributed by atoms with Crippen molar-refractivity contribution in [2.75, 3.05) is 0 Å². The molecule has 0 saturated carbocycles. The van der Waals surface area contributed by atoms with E-state index < -0.39 is 30.6 Å². The smallest absolute Gasteiger partial charge is 0.388 e. The summed E-state index contributed by atoms with van der Waals surface area (Å²) in [6, 6.07) is 2.66. The minimum atomic E-state index is -4.56. The Bertz CT molecular complexity index is 353. The van der Waals surface area contributed by atoms with Gasteiger partial charge in [0.05, 0.1) is 6.10 Å². The second-order valence-corrected chi connectivity index (χ2v) is 3.45. The van der Waals surface area contributed by atoms with E-state index in [2.05, 4.69) is 0 Å². The Morgan fingerprint density at radius 3 is 2.44 bits per heavy atom. The van der Waals surface area contributed by atoms with Crippen LogP contribution in [-0.2, 0) is 0 Å². The van der Waals surface area contributed by atoms with Crippen LogP contribution in [-0.4, -0.2) is 17.3 Å². The molecule has 0 fully saturated rings. The summed E-state index contributed by atoms with van der Waals surface area (Å²) in [5.74, 6) is -0.614. The summed E-state index contributed by atoms with van der Waals surface area (Å²) in [6.07, 6.45) is -6.67. The van der Waals surface area contributed by atoms with Crippen LogP contribution in [0.15, 0.2) is 24.3 Å². The van der Waals surface area contributed by atoms with Crippen LogP contribution in [0.4, 0.5) is 17.6 Å². The average molecular weight is 237 g/mol. The van der Waals surface area contributed by atoms with Crippen molar-refractivity contribution in [2.24, 2.45) is 5.73 Å². The van der Waals surface area contributed by atoms with E-state index in [-0.39, 0.29) is 5.56 Å². The van der Waals surface area contributed by atoms with Crippen molar-refractivity contribution >= 4 is 0 Å². The maximum absolute atomic E-state index is 12.7. The van der Waals surface area contributed by atoms with Crippen molar-refractivity contribution in [1.82, 2.24) is 0 Å². The van der Waals surface area contributed by atoms with Crippen LogP contribution in [0.5, 0.6) is 0 Å². The number of nitrogens with two attached hydrogens (primary N) is 1. The molecule has 2 nitrogen and oxygen atoms in total. The molecule has 0 aliphatic heterocycles. The summed E-state index contributed by atoms with van der Waals surface area (Å²) in [7, 11) is 0. The van der Waals surface area contributed by atoms with Crippen LogP contribution in [0.3, 0.4) is 0 Å². The van der Waals surface area contributed by atoms with Crippen molar-refractivity contribution in [3.8, 4) is 0 Å². The predicted octanol–water partition coefficient (Wildman–Crippen LogP) is 2.14. The van der Waals surface area contributed by atoms with E-state index in [4.69, 9.17) is 5.73 Å². The van der Waals surface area contributed by atoms with Gasteiger partial charge in [-0.15, -0.1) is 0 Å². The van der Waals surface area contributed by atoms with E-state index in [1.807, 2.05) is 0 Å². The highest BCUT2D eigenvalue weighted by Crippen LogP contribution is 2.26. The molecule has 0 bridgehead atoms. The summed E-state index contributed by atoms with van der Waals surface area (Å²) in [5.41, 5.74) is 4.93. The summed E-state index contributed by atoms with van der Waals surface area (Å²) in [4.78, 5) is 0. The number of hydrogen-bond acceptors (Lipinski definition) is 2. The first-order valence-corrected chi connectivity index (χ1v) is 4.56. The lowest BCUT2D eigenvalue weighted by Crippen LogP contribution is -2.38. The monoisotopic (exact) mass is 237 g/mol. The van der Waals surface area contributed by atoms with E-state index in [0.717, 1.165) is 12.1 Å². The lowest BCUT2D eigenvalue weighted by Gasteiger charge is -2.19. The first-order chi connectivity index (χ1) is 7.30. The zero-order chi connectivity index (χ0) is 12.3. The minimum Gasteiger partial charge on any atom is -0.388 e. The molecule has 90 valence electrons. The molecule has 0 spiro atoms. The highest BCUT2D eigenvalue weighted by molar-refractivity contribution is 5.18. The lowest BCUT2D eigenvalue weighted by molar-refractivity contribution is -0.153. The Labute approximate surface area is 89.7 Å². The second kappa shape index (κ2) is 4.80. The van der Waals surface area contributed by atoms with Gasteiger partial charge in [-0.2, -0.15) is 13.2 Å². The SMILES string of the molecule is N[C@@H](C[C@@H](O)c1cccc(F)c1)C(F)(F)F. The Hall–Kier alpha value is -1.14. The predicted molar refractivity (Wildman–Crippen MR) is 50.0 cm³/mol. The molecule has 6 heteroatoms. The third kappa shape index (κ3) is 3.46. The van der Waals surface area contributed by atoms with Crippen LogP contribution in [0.2, 0.25) is 0 Å². The van der Waals surface area contributed by atoms with Crippen LogP contribution < -0.4 is 5.73 Å². The van der Waals surface area contributed by atoms with Crippen molar-refractivity contribution < 1.29 is 22.7 Å². The average Bonchev–Trinajstić information content (AvgIpc) is 2.16. The number of benzene rings is 1. The molecule has 2 atom stereocenters. The third-order valence-electron chi connectivity index (χ3n) is 2.13. The Morgan fingerprint density at radius 1 is 1.31 bits per heavy atom. The fourth-order valence-electron chi connectivity index (χ4n) is 1.22. The summed E-state index contributed by atoms with van der Waals surface area (Å²) < 4.78 is 49.0. The Kier molecular flexibility index (Phi) is 3.88. The number of aliphatic hydroxyl groups excluding tert-OH is 1. The molecule has 0 amide bonds. The molecule has 0 aromatic heterocycles.